The average molecular weight is 346 g/mol. The number of hydrogen-bond donors (Lipinski definition) is 0. The minimum atomic E-state index is -0.0276. The summed E-state index contributed by atoms with van der Waals surface area (Å²) in [4.78, 5) is 13.8. The van der Waals surface area contributed by atoms with Crippen LogP contribution < -0.4 is 0 Å². The van der Waals surface area contributed by atoms with Gasteiger partial charge in [0.1, 0.15) is 11.5 Å². The zero-order valence-electron chi connectivity index (χ0n) is 13.1. The number of carbonyl (C=O) groups is 1. The molecule has 124 valence electrons. The van der Waals surface area contributed by atoms with Crippen LogP contribution in [0.2, 0.25) is 5.15 Å². The first-order valence-electron chi connectivity index (χ1n) is 7.48. The zero-order chi connectivity index (χ0) is 16.9. The van der Waals surface area contributed by atoms with Gasteiger partial charge in [0.25, 0.3) is 0 Å². The predicted octanol–water partition coefficient (Wildman–Crippen LogP) is 3.57. The molecule has 0 fully saturated rings. The Kier molecular flexibility index (Phi) is 4.96. The van der Waals surface area contributed by atoms with Crippen LogP contribution in [0.15, 0.2) is 51.5 Å². The highest BCUT2D eigenvalue weighted by atomic mass is 35.5. The predicted molar refractivity (Wildman–Crippen MR) is 88.2 cm³/mol. The van der Waals surface area contributed by atoms with Gasteiger partial charge >= 0.3 is 0 Å². The van der Waals surface area contributed by atoms with Crippen molar-refractivity contribution in [2.24, 2.45) is 0 Å². The van der Waals surface area contributed by atoms with Crippen LogP contribution in [0.1, 0.15) is 17.9 Å². The van der Waals surface area contributed by atoms with Crippen LogP contribution in [-0.2, 0) is 17.8 Å². The lowest BCUT2D eigenvalue weighted by atomic mass is 10.1. The molecule has 0 aliphatic carbocycles. The van der Waals surface area contributed by atoms with E-state index in [4.69, 9.17) is 20.6 Å². The second-order valence-corrected chi connectivity index (χ2v) is 5.80. The van der Waals surface area contributed by atoms with Gasteiger partial charge in [-0.25, -0.2) is 0 Å². The molecule has 7 heteroatoms. The molecule has 0 saturated carbocycles. The van der Waals surface area contributed by atoms with Crippen molar-refractivity contribution in [1.82, 2.24) is 15.2 Å². The highest BCUT2D eigenvalue weighted by Crippen LogP contribution is 2.19. The molecule has 0 radical (unpaired) electrons. The standard InChI is InChI=1S/C17H16ClN3O3/c1-21(17(22)8-7-13-10-16(18)20-23-13)11-14-9-15(19-24-14)12-5-3-2-4-6-12/h2-6,9-10H,7-8,11H2,1H3. The van der Waals surface area contributed by atoms with E-state index in [1.165, 1.54) is 0 Å². The Balaban J connectivity index is 1.55. The molecule has 0 unspecified atom stereocenters. The first kappa shape index (κ1) is 16.3. The van der Waals surface area contributed by atoms with E-state index in [0.29, 0.717) is 36.1 Å². The van der Waals surface area contributed by atoms with Crippen molar-refractivity contribution in [3.8, 4) is 11.3 Å². The van der Waals surface area contributed by atoms with Gasteiger partial charge in [-0.3, -0.25) is 4.79 Å². The Morgan fingerprint density at radius 3 is 2.58 bits per heavy atom. The van der Waals surface area contributed by atoms with Gasteiger partial charge in [-0.05, 0) is 0 Å². The fourth-order valence-corrected chi connectivity index (χ4v) is 2.44. The summed E-state index contributed by atoms with van der Waals surface area (Å²) < 4.78 is 10.3. The Morgan fingerprint density at radius 2 is 1.88 bits per heavy atom. The first-order chi connectivity index (χ1) is 11.6. The Hall–Kier alpha value is -2.60. The molecule has 0 spiro atoms. The molecule has 1 aromatic carbocycles. The summed E-state index contributed by atoms with van der Waals surface area (Å²) in [6, 6.07) is 13.2. The van der Waals surface area contributed by atoms with E-state index in [1.54, 1.807) is 18.0 Å². The van der Waals surface area contributed by atoms with Crippen LogP contribution in [0, 0.1) is 0 Å². The van der Waals surface area contributed by atoms with Crippen molar-refractivity contribution >= 4 is 17.5 Å². The van der Waals surface area contributed by atoms with Gasteiger partial charge in [0.2, 0.25) is 5.91 Å². The number of hydrogen-bond acceptors (Lipinski definition) is 5. The lowest BCUT2D eigenvalue weighted by Gasteiger charge is -2.14. The number of halogens is 1. The van der Waals surface area contributed by atoms with Gasteiger partial charge in [-0.2, -0.15) is 0 Å². The summed E-state index contributed by atoms with van der Waals surface area (Å²) in [5, 5.41) is 7.92. The van der Waals surface area contributed by atoms with Gasteiger partial charge < -0.3 is 13.9 Å². The second kappa shape index (κ2) is 7.31. The Labute approximate surface area is 144 Å². The van der Waals surface area contributed by atoms with Crippen LogP contribution in [-0.4, -0.2) is 28.2 Å². The summed E-state index contributed by atoms with van der Waals surface area (Å²) in [6.07, 6.45) is 0.760. The van der Waals surface area contributed by atoms with Gasteiger partial charge in [0.15, 0.2) is 10.9 Å². The number of aryl methyl sites for hydroxylation is 1. The van der Waals surface area contributed by atoms with Crippen LogP contribution >= 0.6 is 11.6 Å². The number of amides is 1. The maximum atomic E-state index is 12.2. The van der Waals surface area contributed by atoms with E-state index < -0.39 is 0 Å². The van der Waals surface area contributed by atoms with Gasteiger partial charge in [0.05, 0.1) is 6.54 Å². The molecule has 0 saturated heterocycles. The molecule has 0 aliphatic heterocycles. The first-order valence-corrected chi connectivity index (χ1v) is 7.85. The molecule has 2 heterocycles. The van der Waals surface area contributed by atoms with Crippen LogP contribution in [0.25, 0.3) is 11.3 Å². The van der Waals surface area contributed by atoms with E-state index in [-0.39, 0.29) is 5.91 Å². The SMILES string of the molecule is CN(Cc1cc(-c2ccccc2)no1)C(=O)CCc1cc(Cl)no1. The largest absolute Gasteiger partial charge is 0.360 e. The zero-order valence-corrected chi connectivity index (χ0v) is 13.9. The third kappa shape index (κ3) is 4.02. The fourth-order valence-electron chi connectivity index (χ4n) is 2.28. The Bertz CT molecular complexity index is 813. The van der Waals surface area contributed by atoms with Crippen molar-refractivity contribution in [1.29, 1.82) is 0 Å². The molecule has 0 N–H and O–H groups in total. The maximum absolute atomic E-state index is 12.2. The molecule has 1 amide bonds. The molecular weight excluding hydrogens is 330 g/mol. The van der Waals surface area contributed by atoms with E-state index in [1.807, 2.05) is 36.4 Å². The smallest absolute Gasteiger partial charge is 0.223 e. The fraction of sp³-hybridized carbons (Fsp3) is 0.235. The molecule has 0 bridgehead atoms. The van der Waals surface area contributed by atoms with Gasteiger partial charge in [-0.1, -0.05) is 52.2 Å². The summed E-state index contributed by atoms with van der Waals surface area (Å²) in [5.74, 6) is 1.19. The minimum Gasteiger partial charge on any atom is -0.360 e. The summed E-state index contributed by atoms with van der Waals surface area (Å²) >= 11 is 5.68. The highest BCUT2D eigenvalue weighted by Gasteiger charge is 2.14. The Morgan fingerprint density at radius 1 is 1.12 bits per heavy atom. The summed E-state index contributed by atoms with van der Waals surface area (Å²) in [7, 11) is 1.72. The quantitative estimate of drug-likeness (QED) is 0.682. The average Bonchev–Trinajstić information content (AvgIpc) is 3.22. The molecule has 3 rings (SSSR count). The topological polar surface area (TPSA) is 72.4 Å². The van der Waals surface area contributed by atoms with Crippen molar-refractivity contribution in [2.75, 3.05) is 7.05 Å². The van der Waals surface area contributed by atoms with Crippen LogP contribution in [0.3, 0.4) is 0 Å². The van der Waals surface area contributed by atoms with Crippen molar-refractivity contribution in [3.05, 3.63) is 59.1 Å². The number of rotatable bonds is 6. The van der Waals surface area contributed by atoms with Crippen molar-refractivity contribution in [3.63, 3.8) is 0 Å². The normalized spacial score (nSPS) is 10.8. The third-order valence-electron chi connectivity index (χ3n) is 3.56. The number of nitrogens with zero attached hydrogens (tertiary/aromatic N) is 3. The minimum absolute atomic E-state index is 0.0276. The highest BCUT2D eigenvalue weighted by molar-refractivity contribution is 6.29. The van der Waals surface area contributed by atoms with E-state index in [2.05, 4.69) is 10.3 Å². The number of benzene rings is 1. The van der Waals surface area contributed by atoms with Gasteiger partial charge in [0, 0.05) is 37.6 Å². The van der Waals surface area contributed by atoms with E-state index >= 15 is 0 Å². The van der Waals surface area contributed by atoms with E-state index in [9.17, 15) is 4.79 Å². The van der Waals surface area contributed by atoms with Crippen LogP contribution in [0.4, 0.5) is 0 Å². The molecule has 24 heavy (non-hydrogen) atoms. The lowest BCUT2D eigenvalue weighted by molar-refractivity contribution is -0.130. The van der Waals surface area contributed by atoms with E-state index in [0.717, 1.165) is 11.3 Å². The molecule has 0 atom stereocenters. The lowest BCUT2D eigenvalue weighted by Crippen LogP contribution is -2.26. The number of aromatic nitrogens is 2. The van der Waals surface area contributed by atoms with Crippen molar-refractivity contribution < 1.29 is 13.8 Å². The molecule has 2 aromatic heterocycles. The summed E-state index contributed by atoms with van der Waals surface area (Å²) in [5.41, 5.74) is 1.73. The monoisotopic (exact) mass is 345 g/mol. The number of carbonyl (C=O) groups excluding carboxylic acids is 1. The molecule has 0 aliphatic rings. The maximum Gasteiger partial charge on any atom is 0.223 e. The molecule has 3 aromatic rings. The third-order valence-corrected chi connectivity index (χ3v) is 3.74. The van der Waals surface area contributed by atoms with Gasteiger partial charge in [-0.15, -0.1) is 0 Å². The molecular formula is C17H16ClN3O3. The van der Waals surface area contributed by atoms with Crippen LogP contribution in [0.5, 0.6) is 0 Å². The summed E-state index contributed by atoms with van der Waals surface area (Å²) in [6.45, 7) is 0.357. The van der Waals surface area contributed by atoms with Crippen molar-refractivity contribution in [2.45, 2.75) is 19.4 Å². The molecule has 6 nitrogen and oxygen atoms in total. The second-order valence-electron chi connectivity index (χ2n) is 5.41.